The summed E-state index contributed by atoms with van der Waals surface area (Å²) in [5, 5.41) is 8.88. The lowest BCUT2D eigenvalue weighted by atomic mass is 9.97. The van der Waals surface area contributed by atoms with Gasteiger partial charge in [-0.1, -0.05) is 72.8 Å². The Morgan fingerprint density at radius 3 is 2.03 bits per heavy atom. The van der Waals surface area contributed by atoms with Gasteiger partial charge in [0.05, 0.1) is 11.3 Å². The summed E-state index contributed by atoms with van der Waals surface area (Å²) in [6, 6.07) is 28.2. The Hall–Kier alpha value is -4.32. The van der Waals surface area contributed by atoms with Gasteiger partial charge >= 0.3 is 0 Å². The quantitative estimate of drug-likeness (QED) is 0.404. The molecule has 2 heterocycles. The number of hydrogen-bond acceptors (Lipinski definition) is 5. The molecule has 0 atom stereocenters. The average Bonchev–Trinajstić information content (AvgIpc) is 2.93. The summed E-state index contributed by atoms with van der Waals surface area (Å²) in [6.45, 7) is 4.46. The van der Waals surface area contributed by atoms with Crippen LogP contribution in [0.2, 0.25) is 0 Å². The van der Waals surface area contributed by atoms with Gasteiger partial charge in [0.1, 0.15) is 0 Å². The van der Waals surface area contributed by atoms with Gasteiger partial charge in [0.25, 0.3) is 5.91 Å². The van der Waals surface area contributed by atoms with Crippen LogP contribution in [0.15, 0.2) is 91.0 Å². The normalized spacial score (nSPS) is 13.5. The zero-order chi connectivity index (χ0) is 24.2. The summed E-state index contributed by atoms with van der Waals surface area (Å²) in [6.07, 6.45) is 0. The molecule has 5 rings (SSSR count). The van der Waals surface area contributed by atoms with Crippen molar-refractivity contribution in [1.29, 1.82) is 0 Å². The zero-order valence-corrected chi connectivity index (χ0v) is 19.6. The molecule has 3 aromatic carbocycles. The minimum atomic E-state index is -0.141. The number of aromatic nitrogens is 2. The van der Waals surface area contributed by atoms with E-state index in [1.807, 2.05) is 53.4 Å². The predicted molar refractivity (Wildman–Crippen MR) is 137 cm³/mol. The number of anilines is 1. The highest BCUT2D eigenvalue weighted by atomic mass is 16.2. The highest BCUT2D eigenvalue weighted by Gasteiger charge is 2.26. The Balaban J connectivity index is 1.27. The summed E-state index contributed by atoms with van der Waals surface area (Å²) in [5.74, 6) is 0.539. The molecule has 35 heavy (non-hydrogen) atoms. The summed E-state index contributed by atoms with van der Waals surface area (Å²) in [4.78, 5) is 30.4. The standard InChI is InChI=1S/C29H26N4O2/c1-21-9-5-6-12-23(21)26-15-16-27(31-30-26)32-17-19-33(20-18-32)29(35)25-14-8-7-13-24(25)28(34)22-10-3-2-4-11-22/h2-16H,17-20H2,1H3. The third-order valence-corrected chi connectivity index (χ3v) is 6.40. The molecule has 1 aliphatic rings. The van der Waals surface area contributed by atoms with Crippen LogP contribution in [-0.2, 0) is 0 Å². The van der Waals surface area contributed by atoms with Crippen molar-refractivity contribution in [1.82, 2.24) is 15.1 Å². The van der Waals surface area contributed by atoms with Crippen molar-refractivity contribution < 1.29 is 9.59 Å². The maximum Gasteiger partial charge on any atom is 0.254 e. The number of hydrogen-bond donors (Lipinski definition) is 0. The number of nitrogens with zero attached hydrogens (tertiary/aromatic N) is 4. The Morgan fingerprint density at radius 2 is 1.34 bits per heavy atom. The second-order valence-corrected chi connectivity index (χ2v) is 8.61. The monoisotopic (exact) mass is 462 g/mol. The first kappa shape index (κ1) is 22.5. The molecule has 0 N–H and O–H groups in total. The smallest absolute Gasteiger partial charge is 0.254 e. The number of piperazine rings is 1. The fraction of sp³-hybridized carbons (Fsp3) is 0.172. The van der Waals surface area contributed by atoms with Crippen LogP contribution in [0.25, 0.3) is 11.3 Å². The van der Waals surface area contributed by atoms with Crippen LogP contribution < -0.4 is 4.90 Å². The molecule has 174 valence electrons. The fourth-order valence-corrected chi connectivity index (χ4v) is 4.42. The molecule has 0 saturated carbocycles. The number of carbonyl (C=O) groups excluding carboxylic acids is 2. The van der Waals surface area contributed by atoms with E-state index in [0.29, 0.717) is 42.9 Å². The number of aryl methyl sites for hydroxylation is 1. The van der Waals surface area contributed by atoms with E-state index < -0.39 is 0 Å². The van der Waals surface area contributed by atoms with Crippen molar-refractivity contribution in [2.75, 3.05) is 31.1 Å². The fourth-order valence-electron chi connectivity index (χ4n) is 4.42. The van der Waals surface area contributed by atoms with Crippen LogP contribution in [0.3, 0.4) is 0 Å². The first-order valence-electron chi connectivity index (χ1n) is 11.7. The molecule has 0 aliphatic carbocycles. The molecule has 0 unspecified atom stereocenters. The van der Waals surface area contributed by atoms with E-state index in [1.165, 1.54) is 0 Å². The second kappa shape index (κ2) is 9.89. The van der Waals surface area contributed by atoms with Crippen LogP contribution >= 0.6 is 0 Å². The second-order valence-electron chi connectivity index (χ2n) is 8.61. The van der Waals surface area contributed by atoms with Crippen molar-refractivity contribution >= 4 is 17.5 Å². The molecule has 1 amide bonds. The van der Waals surface area contributed by atoms with E-state index >= 15 is 0 Å². The van der Waals surface area contributed by atoms with Gasteiger partial charge < -0.3 is 9.80 Å². The van der Waals surface area contributed by atoms with Gasteiger partial charge in [0.15, 0.2) is 11.6 Å². The van der Waals surface area contributed by atoms with Gasteiger partial charge in [-0.2, -0.15) is 0 Å². The van der Waals surface area contributed by atoms with Crippen molar-refractivity contribution in [3.8, 4) is 11.3 Å². The lowest BCUT2D eigenvalue weighted by Crippen LogP contribution is -2.49. The number of rotatable bonds is 5. The van der Waals surface area contributed by atoms with E-state index in [9.17, 15) is 9.59 Å². The number of benzene rings is 3. The van der Waals surface area contributed by atoms with Gasteiger partial charge in [0, 0.05) is 42.9 Å². The molecule has 0 spiro atoms. The van der Waals surface area contributed by atoms with Crippen LogP contribution in [-0.4, -0.2) is 53.0 Å². The summed E-state index contributed by atoms with van der Waals surface area (Å²) >= 11 is 0. The molecule has 1 aliphatic heterocycles. The van der Waals surface area contributed by atoms with Crippen LogP contribution in [0, 0.1) is 6.92 Å². The van der Waals surface area contributed by atoms with Gasteiger partial charge in [-0.15, -0.1) is 10.2 Å². The largest absolute Gasteiger partial charge is 0.352 e. The Labute approximate surface area is 204 Å². The van der Waals surface area contributed by atoms with Crippen molar-refractivity contribution in [3.63, 3.8) is 0 Å². The van der Waals surface area contributed by atoms with Gasteiger partial charge in [0.2, 0.25) is 0 Å². The maximum atomic E-state index is 13.4. The van der Waals surface area contributed by atoms with Gasteiger partial charge in [-0.25, -0.2) is 0 Å². The van der Waals surface area contributed by atoms with E-state index in [2.05, 4.69) is 28.1 Å². The third-order valence-electron chi connectivity index (χ3n) is 6.40. The lowest BCUT2D eigenvalue weighted by Gasteiger charge is -2.35. The summed E-state index contributed by atoms with van der Waals surface area (Å²) < 4.78 is 0. The Bertz CT molecular complexity index is 1340. The predicted octanol–water partition coefficient (Wildman–Crippen LogP) is 4.65. The van der Waals surface area contributed by atoms with E-state index in [4.69, 9.17) is 0 Å². The summed E-state index contributed by atoms with van der Waals surface area (Å²) in [5.41, 5.74) is 4.53. The van der Waals surface area contributed by atoms with Gasteiger partial charge in [-0.3, -0.25) is 9.59 Å². The Morgan fingerprint density at radius 1 is 0.686 bits per heavy atom. The van der Waals surface area contributed by atoms with Crippen LogP contribution in [0.5, 0.6) is 0 Å². The lowest BCUT2D eigenvalue weighted by molar-refractivity contribution is 0.0742. The topological polar surface area (TPSA) is 66.4 Å². The molecular formula is C29H26N4O2. The summed E-state index contributed by atoms with van der Waals surface area (Å²) in [7, 11) is 0. The number of amides is 1. The third kappa shape index (κ3) is 4.68. The number of ketones is 1. The van der Waals surface area contributed by atoms with Crippen molar-refractivity contribution in [3.05, 3.63) is 113 Å². The van der Waals surface area contributed by atoms with Crippen molar-refractivity contribution in [2.45, 2.75) is 6.92 Å². The highest BCUT2D eigenvalue weighted by Crippen LogP contribution is 2.23. The van der Waals surface area contributed by atoms with E-state index in [-0.39, 0.29) is 11.7 Å². The highest BCUT2D eigenvalue weighted by molar-refractivity contribution is 6.15. The van der Waals surface area contributed by atoms with E-state index in [1.54, 1.807) is 36.4 Å². The van der Waals surface area contributed by atoms with Crippen LogP contribution in [0.1, 0.15) is 31.8 Å². The minimum absolute atomic E-state index is 0.120. The van der Waals surface area contributed by atoms with Crippen molar-refractivity contribution in [2.24, 2.45) is 0 Å². The minimum Gasteiger partial charge on any atom is -0.352 e. The first-order valence-corrected chi connectivity index (χ1v) is 11.7. The molecule has 1 fully saturated rings. The molecular weight excluding hydrogens is 436 g/mol. The van der Waals surface area contributed by atoms with Crippen LogP contribution in [0.4, 0.5) is 5.82 Å². The molecule has 1 aromatic heterocycles. The van der Waals surface area contributed by atoms with E-state index in [0.717, 1.165) is 22.6 Å². The molecule has 1 saturated heterocycles. The average molecular weight is 463 g/mol. The Kier molecular flexibility index (Phi) is 6.35. The molecule has 4 aromatic rings. The number of carbonyl (C=O) groups is 2. The maximum absolute atomic E-state index is 13.4. The van der Waals surface area contributed by atoms with Gasteiger partial charge in [-0.05, 0) is 30.7 Å². The SMILES string of the molecule is Cc1ccccc1-c1ccc(N2CCN(C(=O)c3ccccc3C(=O)c3ccccc3)CC2)nn1. The first-order chi connectivity index (χ1) is 17.1. The zero-order valence-electron chi connectivity index (χ0n) is 19.6. The molecule has 6 heteroatoms. The molecule has 0 radical (unpaired) electrons. The molecule has 0 bridgehead atoms. The molecule has 6 nitrogen and oxygen atoms in total.